The number of rotatable bonds is 2. The molecule has 0 unspecified atom stereocenters. The number of H-pyrrole nitrogens is 1. The van der Waals surface area contributed by atoms with Gasteiger partial charge in [-0.05, 0) is 25.5 Å². The molecular formula is C10H12N3. The molecule has 1 aromatic carbocycles. The molecule has 13 heavy (non-hydrogen) atoms. The summed E-state index contributed by atoms with van der Waals surface area (Å²) < 4.78 is 0. The lowest BCUT2D eigenvalue weighted by molar-refractivity contribution is 1.08. The maximum Gasteiger partial charge on any atom is 0.155 e. The second-order valence-corrected chi connectivity index (χ2v) is 2.94. The highest BCUT2D eigenvalue weighted by Crippen LogP contribution is 2.23. The van der Waals surface area contributed by atoms with E-state index in [1.165, 1.54) is 0 Å². The molecular weight excluding hydrogens is 162 g/mol. The Morgan fingerprint density at radius 2 is 2.38 bits per heavy atom. The molecule has 2 aromatic rings. The number of fused-ring (bicyclic) bond motifs is 1. The van der Waals surface area contributed by atoms with Crippen LogP contribution in [-0.2, 0) is 0 Å². The van der Waals surface area contributed by atoms with E-state index in [2.05, 4.69) is 22.4 Å². The van der Waals surface area contributed by atoms with Gasteiger partial charge in [0.05, 0.1) is 5.52 Å². The summed E-state index contributed by atoms with van der Waals surface area (Å²) >= 11 is 0. The van der Waals surface area contributed by atoms with Crippen molar-refractivity contribution < 1.29 is 0 Å². The van der Waals surface area contributed by atoms with Gasteiger partial charge in [-0.2, -0.15) is 5.10 Å². The van der Waals surface area contributed by atoms with Crippen LogP contribution in [0, 0.1) is 6.92 Å². The molecule has 1 aromatic heterocycles. The van der Waals surface area contributed by atoms with Gasteiger partial charge in [-0.25, -0.2) is 0 Å². The number of aromatic nitrogens is 2. The fourth-order valence-corrected chi connectivity index (χ4v) is 1.44. The molecule has 0 atom stereocenters. The third kappa shape index (κ3) is 1.26. The Morgan fingerprint density at radius 1 is 1.54 bits per heavy atom. The molecule has 3 nitrogen and oxygen atoms in total. The lowest BCUT2D eigenvalue weighted by Crippen LogP contribution is -1.97. The highest BCUT2D eigenvalue weighted by molar-refractivity contribution is 5.93. The summed E-state index contributed by atoms with van der Waals surface area (Å²) in [4.78, 5) is 0. The minimum atomic E-state index is 0.869. The van der Waals surface area contributed by atoms with Crippen molar-refractivity contribution >= 4 is 16.7 Å². The minimum Gasteiger partial charge on any atom is -0.368 e. The van der Waals surface area contributed by atoms with E-state index in [0.717, 1.165) is 28.8 Å². The molecule has 1 radical (unpaired) electrons. The second kappa shape index (κ2) is 3.09. The number of nitrogens with zero attached hydrogens (tertiary/aromatic N) is 1. The molecule has 1 heterocycles. The van der Waals surface area contributed by atoms with Gasteiger partial charge in [0.2, 0.25) is 0 Å². The molecule has 67 valence electrons. The smallest absolute Gasteiger partial charge is 0.155 e. The molecule has 0 saturated heterocycles. The van der Waals surface area contributed by atoms with Gasteiger partial charge in [0.25, 0.3) is 0 Å². The van der Waals surface area contributed by atoms with Crippen LogP contribution in [-0.4, -0.2) is 16.7 Å². The van der Waals surface area contributed by atoms with Crippen LogP contribution >= 0.6 is 0 Å². The van der Waals surface area contributed by atoms with Crippen LogP contribution in [0.4, 0.5) is 5.82 Å². The summed E-state index contributed by atoms with van der Waals surface area (Å²) in [5.41, 5.74) is 2.03. The van der Waals surface area contributed by atoms with Gasteiger partial charge in [-0.1, -0.05) is 12.1 Å². The van der Waals surface area contributed by atoms with Crippen molar-refractivity contribution in [2.75, 3.05) is 11.9 Å². The van der Waals surface area contributed by atoms with Crippen molar-refractivity contribution in [2.45, 2.75) is 6.92 Å². The van der Waals surface area contributed by atoms with Crippen LogP contribution in [0.5, 0.6) is 0 Å². The molecule has 2 rings (SSSR count). The van der Waals surface area contributed by atoms with E-state index in [9.17, 15) is 0 Å². The highest BCUT2D eigenvalue weighted by atomic mass is 15.2. The van der Waals surface area contributed by atoms with Gasteiger partial charge in [0.15, 0.2) is 5.82 Å². The second-order valence-electron chi connectivity index (χ2n) is 2.94. The van der Waals surface area contributed by atoms with E-state index in [1.54, 1.807) is 0 Å². The number of aromatic amines is 1. The zero-order chi connectivity index (χ0) is 9.26. The van der Waals surface area contributed by atoms with Crippen molar-refractivity contribution in [3.05, 3.63) is 30.7 Å². The zero-order valence-electron chi connectivity index (χ0n) is 7.59. The third-order valence-electron chi connectivity index (χ3n) is 2.02. The molecule has 0 aliphatic carbocycles. The number of benzene rings is 1. The van der Waals surface area contributed by atoms with E-state index >= 15 is 0 Å². The Labute approximate surface area is 77.2 Å². The highest BCUT2D eigenvalue weighted by Gasteiger charge is 2.05. The van der Waals surface area contributed by atoms with Crippen LogP contribution < -0.4 is 5.32 Å². The maximum atomic E-state index is 4.17. The average Bonchev–Trinajstić information content (AvgIpc) is 2.51. The van der Waals surface area contributed by atoms with Crippen molar-refractivity contribution in [2.24, 2.45) is 0 Å². The molecule has 0 bridgehead atoms. The van der Waals surface area contributed by atoms with Crippen molar-refractivity contribution in [1.29, 1.82) is 0 Å². The first-order chi connectivity index (χ1) is 6.33. The number of hydrogen-bond donors (Lipinski definition) is 2. The number of nitrogens with one attached hydrogen (secondary N) is 2. The van der Waals surface area contributed by atoms with Gasteiger partial charge in [0.1, 0.15) is 0 Å². The lowest BCUT2D eigenvalue weighted by Gasteiger charge is -1.99. The van der Waals surface area contributed by atoms with Crippen molar-refractivity contribution in [3.63, 3.8) is 0 Å². The van der Waals surface area contributed by atoms with Gasteiger partial charge in [-0.15, -0.1) is 0 Å². The van der Waals surface area contributed by atoms with E-state index in [1.807, 2.05) is 25.1 Å². The summed E-state index contributed by atoms with van der Waals surface area (Å²) in [6, 6.07) is 5.95. The fourth-order valence-electron chi connectivity index (χ4n) is 1.44. The lowest BCUT2D eigenvalue weighted by atomic mass is 10.1. The molecule has 3 heteroatoms. The van der Waals surface area contributed by atoms with Crippen molar-refractivity contribution in [3.8, 4) is 0 Å². The topological polar surface area (TPSA) is 40.7 Å². The van der Waals surface area contributed by atoms with Gasteiger partial charge >= 0.3 is 0 Å². The van der Waals surface area contributed by atoms with E-state index in [-0.39, 0.29) is 0 Å². The Balaban J connectivity index is 2.64. The first-order valence-corrected chi connectivity index (χ1v) is 4.36. The SMILES string of the molecule is [CH2]c1cccc2[nH]nc(NCC)c12. The molecule has 0 saturated carbocycles. The summed E-state index contributed by atoms with van der Waals surface area (Å²) in [6.07, 6.45) is 0. The largest absolute Gasteiger partial charge is 0.368 e. The Bertz CT molecular complexity index is 417. The average molecular weight is 174 g/mol. The van der Waals surface area contributed by atoms with Crippen LogP contribution in [0.2, 0.25) is 0 Å². The predicted molar refractivity (Wildman–Crippen MR) is 54.7 cm³/mol. The Hall–Kier alpha value is -1.51. The number of hydrogen-bond acceptors (Lipinski definition) is 2. The maximum absolute atomic E-state index is 4.17. The Morgan fingerprint density at radius 3 is 3.15 bits per heavy atom. The normalized spacial score (nSPS) is 10.6. The summed E-state index contributed by atoms with van der Waals surface area (Å²) in [7, 11) is 0. The van der Waals surface area contributed by atoms with Gasteiger partial charge in [-0.3, -0.25) is 5.10 Å². The molecule has 2 N–H and O–H groups in total. The minimum absolute atomic E-state index is 0.869. The molecule has 0 amide bonds. The third-order valence-corrected chi connectivity index (χ3v) is 2.02. The van der Waals surface area contributed by atoms with E-state index < -0.39 is 0 Å². The monoisotopic (exact) mass is 174 g/mol. The molecule has 0 aliphatic heterocycles. The first kappa shape index (κ1) is 8.10. The van der Waals surface area contributed by atoms with Crippen LogP contribution in [0.15, 0.2) is 18.2 Å². The number of anilines is 1. The fraction of sp³-hybridized carbons (Fsp3) is 0.200. The van der Waals surface area contributed by atoms with Gasteiger partial charge in [0, 0.05) is 11.9 Å². The predicted octanol–water partition coefficient (Wildman–Crippen LogP) is 2.18. The summed E-state index contributed by atoms with van der Waals surface area (Å²) in [6.45, 7) is 6.88. The Kier molecular flexibility index (Phi) is 1.93. The van der Waals surface area contributed by atoms with E-state index in [0.29, 0.717) is 0 Å². The van der Waals surface area contributed by atoms with Crippen LogP contribution in [0.3, 0.4) is 0 Å². The molecule has 0 fully saturated rings. The first-order valence-electron chi connectivity index (χ1n) is 4.36. The summed E-state index contributed by atoms with van der Waals surface area (Å²) in [5, 5.41) is 11.4. The zero-order valence-corrected chi connectivity index (χ0v) is 7.59. The van der Waals surface area contributed by atoms with Gasteiger partial charge < -0.3 is 5.32 Å². The summed E-state index contributed by atoms with van der Waals surface area (Å²) in [5.74, 6) is 0.892. The molecule has 0 aliphatic rings. The van der Waals surface area contributed by atoms with Crippen LogP contribution in [0.1, 0.15) is 12.5 Å². The van der Waals surface area contributed by atoms with Crippen molar-refractivity contribution in [1.82, 2.24) is 10.2 Å². The van der Waals surface area contributed by atoms with Crippen LogP contribution in [0.25, 0.3) is 10.9 Å². The molecule has 0 spiro atoms. The quantitative estimate of drug-likeness (QED) is 0.732. The standard InChI is InChI=1S/C10H12N3/c1-3-11-10-9-7(2)5-4-6-8(9)12-13-10/h4-6H,2-3H2,1H3,(H2,11,12,13). The van der Waals surface area contributed by atoms with E-state index in [4.69, 9.17) is 0 Å².